The summed E-state index contributed by atoms with van der Waals surface area (Å²) in [6.07, 6.45) is 0.959. The van der Waals surface area contributed by atoms with Gasteiger partial charge in [0, 0.05) is 12.6 Å². The summed E-state index contributed by atoms with van der Waals surface area (Å²) < 4.78 is 8.14. The standard InChI is InChI=1S/C13H15BrN2O/c1-4-11-12(14)13(15-16(11)2)9-5-7-10(17-3)8-6-9/h5-8H,4H2,1-3H3. The monoisotopic (exact) mass is 294 g/mol. The van der Waals surface area contributed by atoms with Gasteiger partial charge < -0.3 is 4.74 Å². The maximum Gasteiger partial charge on any atom is 0.118 e. The normalized spacial score (nSPS) is 10.6. The number of hydrogen-bond acceptors (Lipinski definition) is 2. The first-order valence-electron chi connectivity index (χ1n) is 5.53. The molecule has 0 fully saturated rings. The Morgan fingerprint density at radius 2 is 1.94 bits per heavy atom. The Hall–Kier alpha value is -1.29. The molecular formula is C13H15BrN2O. The van der Waals surface area contributed by atoms with Gasteiger partial charge >= 0.3 is 0 Å². The predicted molar refractivity (Wildman–Crippen MR) is 72.3 cm³/mol. The van der Waals surface area contributed by atoms with E-state index >= 15 is 0 Å². The first-order chi connectivity index (χ1) is 8.17. The zero-order valence-electron chi connectivity index (χ0n) is 10.2. The molecule has 0 radical (unpaired) electrons. The molecular weight excluding hydrogens is 280 g/mol. The van der Waals surface area contributed by atoms with Gasteiger partial charge in [-0.05, 0) is 46.6 Å². The van der Waals surface area contributed by atoms with Crippen LogP contribution in [0.1, 0.15) is 12.6 Å². The Morgan fingerprint density at radius 1 is 1.29 bits per heavy atom. The SMILES string of the molecule is CCc1c(Br)c(-c2ccc(OC)cc2)nn1C. The van der Waals surface area contributed by atoms with Crippen molar-refractivity contribution < 1.29 is 4.74 Å². The lowest BCUT2D eigenvalue weighted by atomic mass is 10.1. The van der Waals surface area contributed by atoms with E-state index in [0.29, 0.717) is 0 Å². The fraction of sp³-hybridized carbons (Fsp3) is 0.308. The van der Waals surface area contributed by atoms with Gasteiger partial charge in [-0.3, -0.25) is 4.68 Å². The highest BCUT2D eigenvalue weighted by molar-refractivity contribution is 9.10. The first kappa shape index (κ1) is 12.2. The van der Waals surface area contributed by atoms with E-state index in [1.807, 2.05) is 36.0 Å². The number of hydrogen-bond donors (Lipinski definition) is 0. The number of aromatic nitrogens is 2. The van der Waals surface area contributed by atoms with E-state index in [9.17, 15) is 0 Å². The van der Waals surface area contributed by atoms with Crippen LogP contribution >= 0.6 is 15.9 Å². The van der Waals surface area contributed by atoms with Crippen molar-refractivity contribution in [1.29, 1.82) is 0 Å². The maximum atomic E-state index is 5.15. The first-order valence-corrected chi connectivity index (χ1v) is 6.32. The zero-order valence-corrected chi connectivity index (χ0v) is 11.8. The average molecular weight is 295 g/mol. The highest BCUT2D eigenvalue weighted by Crippen LogP contribution is 2.31. The van der Waals surface area contributed by atoms with Gasteiger partial charge in [0.2, 0.25) is 0 Å². The maximum absolute atomic E-state index is 5.15. The van der Waals surface area contributed by atoms with Crippen molar-refractivity contribution in [2.45, 2.75) is 13.3 Å². The van der Waals surface area contributed by atoms with Gasteiger partial charge in [0.15, 0.2) is 0 Å². The van der Waals surface area contributed by atoms with Gasteiger partial charge in [0.05, 0.1) is 17.3 Å². The van der Waals surface area contributed by atoms with Gasteiger partial charge in [-0.1, -0.05) is 6.92 Å². The van der Waals surface area contributed by atoms with Crippen LogP contribution < -0.4 is 4.74 Å². The van der Waals surface area contributed by atoms with Crippen LogP contribution in [0.3, 0.4) is 0 Å². The summed E-state index contributed by atoms with van der Waals surface area (Å²) in [5, 5.41) is 4.54. The van der Waals surface area contributed by atoms with Crippen molar-refractivity contribution in [2.24, 2.45) is 7.05 Å². The Kier molecular flexibility index (Phi) is 3.52. The van der Waals surface area contributed by atoms with Crippen molar-refractivity contribution in [3.05, 3.63) is 34.4 Å². The number of halogens is 1. The molecule has 0 unspecified atom stereocenters. The second-order valence-corrected chi connectivity index (χ2v) is 4.61. The minimum Gasteiger partial charge on any atom is -0.497 e. The summed E-state index contributed by atoms with van der Waals surface area (Å²) in [6, 6.07) is 7.93. The van der Waals surface area contributed by atoms with E-state index in [-0.39, 0.29) is 0 Å². The molecule has 0 N–H and O–H groups in total. The molecule has 2 aromatic rings. The quantitative estimate of drug-likeness (QED) is 0.867. The minimum absolute atomic E-state index is 0.858. The van der Waals surface area contributed by atoms with Crippen LogP contribution in [-0.2, 0) is 13.5 Å². The molecule has 0 aliphatic heterocycles. The van der Waals surface area contributed by atoms with E-state index in [2.05, 4.69) is 28.0 Å². The van der Waals surface area contributed by atoms with Gasteiger partial charge in [0.1, 0.15) is 11.4 Å². The van der Waals surface area contributed by atoms with Gasteiger partial charge in [-0.15, -0.1) is 0 Å². The molecule has 3 nitrogen and oxygen atoms in total. The number of benzene rings is 1. The molecule has 0 aliphatic rings. The summed E-state index contributed by atoms with van der Waals surface area (Å²) in [5.74, 6) is 0.858. The molecule has 0 saturated carbocycles. The van der Waals surface area contributed by atoms with E-state index in [1.54, 1.807) is 7.11 Å². The lowest BCUT2D eigenvalue weighted by Crippen LogP contribution is -1.96. The van der Waals surface area contributed by atoms with Crippen molar-refractivity contribution in [2.75, 3.05) is 7.11 Å². The topological polar surface area (TPSA) is 27.1 Å². The summed E-state index contributed by atoms with van der Waals surface area (Å²) in [5.41, 5.74) is 3.27. The number of aryl methyl sites for hydroxylation is 1. The molecule has 0 aliphatic carbocycles. The Labute approximate surface area is 110 Å². The molecule has 1 heterocycles. The molecule has 17 heavy (non-hydrogen) atoms. The third-order valence-electron chi connectivity index (χ3n) is 2.80. The van der Waals surface area contributed by atoms with Crippen LogP contribution in [0.25, 0.3) is 11.3 Å². The van der Waals surface area contributed by atoms with Gasteiger partial charge in [0.25, 0.3) is 0 Å². The average Bonchev–Trinajstić information content (AvgIpc) is 2.64. The van der Waals surface area contributed by atoms with E-state index < -0.39 is 0 Å². The van der Waals surface area contributed by atoms with Crippen LogP contribution in [-0.4, -0.2) is 16.9 Å². The number of nitrogens with zero attached hydrogens (tertiary/aromatic N) is 2. The fourth-order valence-electron chi connectivity index (χ4n) is 1.85. The highest BCUT2D eigenvalue weighted by Gasteiger charge is 2.13. The molecule has 0 amide bonds. The number of methoxy groups -OCH3 is 1. The van der Waals surface area contributed by atoms with Crippen LogP contribution in [0, 0.1) is 0 Å². The van der Waals surface area contributed by atoms with E-state index in [4.69, 9.17) is 4.74 Å². The van der Waals surface area contributed by atoms with Crippen molar-refractivity contribution in [3.63, 3.8) is 0 Å². The molecule has 0 saturated heterocycles. The van der Waals surface area contributed by atoms with Crippen molar-refractivity contribution in [1.82, 2.24) is 9.78 Å². The van der Waals surface area contributed by atoms with Crippen LogP contribution in [0.2, 0.25) is 0 Å². The fourth-order valence-corrected chi connectivity index (χ4v) is 2.70. The molecule has 0 atom stereocenters. The number of rotatable bonds is 3. The van der Waals surface area contributed by atoms with Crippen LogP contribution in [0.5, 0.6) is 5.75 Å². The third-order valence-corrected chi connectivity index (χ3v) is 3.63. The molecule has 0 spiro atoms. The van der Waals surface area contributed by atoms with Crippen LogP contribution in [0.15, 0.2) is 28.7 Å². The summed E-state index contributed by atoms with van der Waals surface area (Å²) in [6.45, 7) is 2.12. The van der Waals surface area contributed by atoms with Gasteiger partial charge in [-0.25, -0.2) is 0 Å². The minimum atomic E-state index is 0.858. The van der Waals surface area contributed by atoms with E-state index in [1.165, 1.54) is 5.69 Å². The summed E-state index contributed by atoms with van der Waals surface area (Å²) >= 11 is 3.62. The van der Waals surface area contributed by atoms with Crippen molar-refractivity contribution in [3.8, 4) is 17.0 Å². The van der Waals surface area contributed by atoms with Crippen LogP contribution in [0.4, 0.5) is 0 Å². The number of ether oxygens (including phenoxy) is 1. The lowest BCUT2D eigenvalue weighted by Gasteiger charge is -2.01. The summed E-state index contributed by atoms with van der Waals surface area (Å²) in [4.78, 5) is 0. The molecule has 90 valence electrons. The highest BCUT2D eigenvalue weighted by atomic mass is 79.9. The van der Waals surface area contributed by atoms with Crippen molar-refractivity contribution >= 4 is 15.9 Å². The molecule has 2 rings (SSSR count). The molecule has 1 aromatic carbocycles. The molecule has 0 bridgehead atoms. The lowest BCUT2D eigenvalue weighted by molar-refractivity contribution is 0.415. The Balaban J connectivity index is 2.45. The molecule has 4 heteroatoms. The smallest absolute Gasteiger partial charge is 0.118 e. The zero-order chi connectivity index (χ0) is 12.4. The van der Waals surface area contributed by atoms with Gasteiger partial charge in [-0.2, -0.15) is 5.10 Å². The largest absolute Gasteiger partial charge is 0.497 e. The summed E-state index contributed by atoms with van der Waals surface area (Å²) in [7, 11) is 3.64. The molecule has 1 aromatic heterocycles. The Bertz CT molecular complexity index is 517. The second kappa shape index (κ2) is 4.92. The Morgan fingerprint density at radius 3 is 2.41 bits per heavy atom. The third kappa shape index (κ3) is 2.22. The predicted octanol–water partition coefficient (Wildman–Crippen LogP) is 3.42. The second-order valence-electron chi connectivity index (χ2n) is 3.81. The van der Waals surface area contributed by atoms with E-state index in [0.717, 1.165) is 27.9 Å².